The third-order valence-corrected chi connectivity index (χ3v) is 4.11. The number of nitrogens with one attached hydrogen (secondary N) is 2. The highest BCUT2D eigenvalue weighted by molar-refractivity contribution is 5.79. The van der Waals surface area contributed by atoms with E-state index in [1.54, 1.807) is 14.2 Å². The van der Waals surface area contributed by atoms with Crippen LogP contribution in [-0.2, 0) is 11.2 Å². The molecule has 0 aromatic heterocycles. The van der Waals surface area contributed by atoms with Gasteiger partial charge in [-0.3, -0.25) is 4.99 Å². The first-order valence-corrected chi connectivity index (χ1v) is 9.43. The van der Waals surface area contributed by atoms with Gasteiger partial charge in [0.2, 0.25) is 0 Å². The summed E-state index contributed by atoms with van der Waals surface area (Å²) in [6.07, 6.45) is 1.94. The summed E-state index contributed by atoms with van der Waals surface area (Å²) in [4.78, 5) is 6.94. The van der Waals surface area contributed by atoms with Crippen molar-refractivity contribution in [1.82, 2.24) is 15.5 Å². The van der Waals surface area contributed by atoms with Gasteiger partial charge < -0.3 is 25.0 Å². The zero-order valence-corrected chi connectivity index (χ0v) is 17.1. The highest BCUT2D eigenvalue weighted by atomic mass is 16.5. The van der Waals surface area contributed by atoms with Gasteiger partial charge in [-0.05, 0) is 45.4 Å². The lowest BCUT2D eigenvalue weighted by Gasteiger charge is -2.16. The van der Waals surface area contributed by atoms with Crippen LogP contribution < -0.4 is 15.4 Å². The number of hydrogen-bond acceptors (Lipinski definition) is 4. The molecular weight excluding hydrogens is 328 g/mol. The molecule has 1 aromatic rings. The molecule has 1 aromatic carbocycles. The SMILES string of the molecule is CCNC(=NCCN(C)CCCOC)NCCc1cc(C)ccc1OC. The maximum Gasteiger partial charge on any atom is 0.191 e. The summed E-state index contributed by atoms with van der Waals surface area (Å²) in [6, 6.07) is 6.29. The standard InChI is InChI=1S/C20H36N4O2/c1-6-21-20(23-12-14-24(3)13-7-15-25-4)22-11-10-18-16-17(2)8-9-19(18)26-5/h8-9,16H,6-7,10-15H2,1-5H3,(H2,21,22,23). The lowest BCUT2D eigenvalue weighted by Crippen LogP contribution is -2.39. The van der Waals surface area contributed by atoms with Gasteiger partial charge in [0, 0.05) is 39.9 Å². The van der Waals surface area contributed by atoms with Gasteiger partial charge in [-0.2, -0.15) is 0 Å². The molecule has 0 unspecified atom stereocenters. The number of likely N-dealkylation sites (N-methyl/N-ethyl adjacent to an activating group) is 1. The van der Waals surface area contributed by atoms with Crippen molar-refractivity contribution in [2.75, 3.05) is 60.6 Å². The van der Waals surface area contributed by atoms with Crippen LogP contribution >= 0.6 is 0 Å². The minimum absolute atomic E-state index is 0.770. The van der Waals surface area contributed by atoms with Crippen LogP contribution in [-0.4, -0.2) is 71.5 Å². The summed E-state index contributed by atoms with van der Waals surface area (Å²) in [5.74, 6) is 1.81. The van der Waals surface area contributed by atoms with Crippen LogP contribution in [0.2, 0.25) is 0 Å². The molecule has 0 atom stereocenters. The van der Waals surface area contributed by atoms with Crippen molar-refractivity contribution in [3.05, 3.63) is 29.3 Å². The Labute approximate surface area is 159 Å². The molecular formula is C20H36N4O2. The van der Waals surface area contributed by atoms with Gasteiger partial charge in [0.1, 0.15) is 5.75 Å². The zero-order chi connectivity index (χ0) is 19.2. The number of rotatable bonds is 12. The second-order valence-electron chi connectivity index (χ2n) is 6.40. The largest absolute Gasteiger partial charge is 0.496 e. The fourth-order valence-corrected chi connectivity index (χ4v) is 2.68. The van der Waals surface area contributed by atoms with Crippen LogP contribution in [0.4, 0.5) is 0 Å². The quantitative estimate of drug-likeness (QED) is 0.338. The van der Waals surface area contributed by atoms with E-state index in [1.165, 1.54) is 11.1 Å². The summed E-state index contributed by atoms with van der Waals surface area (Å²) in [5.41, 5.74) is 2.46. The Morgan fingerprint density at radius 3 is 2.69 bits per heavy atom. The van der Waals surface area contributed by atoms with Crippen LogP contribution in [0.5, 0.6) is 5.75 Å². The maximum atomic E-state index is 5.45. The monoisotopic (exact) mass is 364 g/mol. The van der Waals surface area contributed by atoms with Crippen molar-refractivity contribution in [3.8, 4) is 5.75 Å². The number of methoxy groups -OCH3 is 2. The first kappa shape index (κ1) is 22.3. The van der Waals surface area contributed by atoms with Crippen LogP contribution in [0.25, 0.3) is 0 Å². The minimum atomic E-state index is 0.770. The molecule has 6 nitrogen and oxygen atoms in total. The minimum Gasteiger partial charge on any atom is -0.496 e. The lowest BCUT2D eigenvalue weighted by atomic mass is 10.1. The molecule has 0 aliphatic heterocycles. The average Bonchev–Trinajstić information content (AvgIpc) is 2.62. The molecule has 0 saturated heterocycles. The predicted molar refractivity (Wildman–Crippen MR) is 109 cm³/mol. The van der Waals surface area contributed by atoms with Crippen molar-refractivity contribution < 1.29 is 9.47 Å². The van der Waals surface area contributed by atoms with E-state index in [-0.39, 0.29) is 0 Å². The summed E-state index contributed by atoms with van der Waals surface area (Å²) >= 11 is 0. The van der Waals surface area contributed by atoms with Gasteiger partial charge in [0.15, 0.2) is 5.96 Å². The molecule has 1 rings (SSSR count). The van der Waals surface area contributed by atoms with E-state index in [2.05, 4.69) is 53.6 Å². The van der Waals surface area contributed by atoms with Crippen molar-refractivity contribution in [2.45, 2.75) is 26.7 Å². The molecule has 26 heavy (non-hydrogen) atoms. The van der Waals surface area contributed by atoms with Crippen LogP contribution in [0.3, 0.4) is 0 Å². The van der Waals surface area contributed by atoms with Crippen molar-refractivity contribution in [2.24, 2.45) is 4.99 Å². The van der Waals surface area contributed by atoms with E-state index in [1.807, 2.05) is 6.07 Å². The van der Waals surface area contributed by atoms with Gasteiger partial charge in [-0.1, -0.05) is 17.7 Å². The summed E-state index contributed by atoms with van der Waals surface area (Å²) in [6.45, 7) is 9.39. The van der Waals surface area contributed by atoms with Gasteiger partial charge in [0.05, 0.1) is 13.7 Å². The molecule has 0 saturated carbocycles. The number of aliphatic imine (C=N–C) groups is 1. The Bertz CT molecular complexity index is 535. The number of hydrogen-bond donors (Lipinski definition) is 2. The fraction of sp³-hybridized carbons (Fsp3) is 0.650. The number of aryl methyl sites for hydroxylation is 1. The normalized spacial score (nSPS) is 11.7. The third kappa shape index (κ3) is 9.06. The Morgan fingerprint density at radius 2 is 2.00 bits per heavy atom. The lowest BCUT2D eigenvalue weighted by molar-refractivity contribution is 0.180. The second kappa shape index (κ2) is 13.4. The molecule has 0 fully saturated rings. The smallest absolute Gasteiger partial charge is 0.191 e. The molecule has 0 amide bonds. The molecule has 0 bridgehead atoms. The molecule has 0 aliphatic rings. The molecule has 0 heterocycles. The van der Waals surface area contributed by atoms with Gasteiger partial charge in [-0.25, -0.2) is 0 Å². The van der Waals surface area contributed by atoms with Crippen molar-refractivity contribution in [1.29, 1.82) is 0 Å². The average molecular weight is 365 g/mol. The molecule has 148 valence electrons. The first-order valence-electron chi connectivity index (χ1n) is 9.43. The Kier molecular flexibility index (Phi) is 11.5. The van der Waals surface area contributed by atoms with Crippen LogP contribution in [0.15, 0.2) is 23.2 Å². The van der Waals surface area contributed by atoms with E-state index in [9.17, 15) is 0 Å². The topological polar surface area (TPSA) is 58.1 Å². The van der Waals surface area contributed by atoms with Gasteiger partial charge >= 0.3 is 0 Å². The number of benzene rings is 1. The zero-order valence-electron chi connectivity index (χ0n) is 17.1. The summed E-state index contributed by atoms with van der Waals surface area (Å²) < 4.78 is 10.5. The fourth-order valence-electron chi connectivity index (χ4n) is 2.68. The Balaban J connectivity index is 2.43. The highest BCUT2D eigenvalue weighted by Crippen LogP contribution is 2.19. The first-order chi connectivity index (χ1) is 12.6. The number of ether oxygens (including phenoxy) is 2. The van der Waals surface area contributed by atoms with Crippen molar-refractivity contribution >= 4 is 5.96 Å². The highest BCUT2D eigenvalue weighted by Gasteiger charge is 2.04. The molecule has 0 radical (unpaired) electrons. The number of nitrogens with zero attached hydrogens (tertiary/aromatic N) is 2. The molecule has 0 spiro atoms. The predicted octanol–water partition coefficient (Wildman–Crippen LogP) is 2.07. The Morgan fingerprint density at radius 1 is 1.19 bits per heavy atom. The van der Waals surface area contributed by atoms with E-state index < -0.39 is 0 Å². The van der Waals surface area contributed by atoms with Crippen LogP contribution in [0.1, 0.15) is 24.5 Å². The Hall–Kier alpha value is -1.79. The van der Waals surface area contributed by atoms with E-state index >= 15 is 0 Å². The molecule has 0 aliphatic carbocycles. The third-order valence-electron chi connectivity index (χ3n) is 4.11. The van der Waals surface area contributed by atoms with Gasteiger partial charge in [0.25, 0.3) is 0 Å². The summed E-state index contributed by atoms with van der Waals surface area (Å²) in [5, 5.41) is 6.71. The summed E-state index contributed by atoms with van der Waals surface area (Å²) in [7, 11) is 5.58. The molecule has 6 heteroatoms. The number of guanidine groups is 1. The second-order valence-corrected chi connectivity index (χ2v) is 6.40. The van der Waals surface area contributed by atoms with Crippen molar-refractivity contribution in [3.63, 3.8) is 0 Å². The maximum absolute atomic E-state index is 5.45. The van der Waals surface area contributed by atoms with Crippen LogP contribution in [0, 0.1) is 6.92 Å². The van der Waals surface area contributed by atoms with E-state index in [0.29, 0.717) is 0 Å². The van der Waals surface area contributed by atoms with Gasteiger partial charge in [-0.15, -0.1) is 0 Å². The van der Waals surface area contributed by atoms with E-state index in [0.717, 1.165) is 63.9 Å². The molecule has 2 N–H and O–H groups in total. The van der Waals surface area contributed by atoms with E-state index in [4.69, 9.17) is 9.47 Å².